The summed E-state index contributed by atoms with van der Waals surface area (Å²) in [7, 11) is 0. The summed E-state index contributed by atoms with van der Waals surface area (Å²) in [4.78, 5) is 33.8. The number of anilines is 3. The molecule has 1 fully saturated rings. The molecule has 1 aliphatic rings. The van der Waals surface area contributed by atoms with Gasteiger partial charge in [0.1, 0.15) is 16.9 Å². The van der Waals surface area contributed by atoms with Crippen LogP contribution in [-0.2, 0) is 4.79 Å². The van der Waals surface area contributed by atoms with Gasteiger partial charge >= 0.3 is 0 Å². The molecule has 0 bridgehead atoms. The topological polar surface area (TPSA) is 115 Å². The summed E-state index contributed by atoms with van der Waals surface area (Å²) in [6.07, 6.45) is 0. The van der Waals surface area contributed by atoms with Crippen molar-refractivity contribution >= 4 is 40.8 Å². The van der Waals surface area contributed by atoms with E-state index in [1.54, 1.807) is 24.3 Å². The lowest BCUT2D eigenvalue weighted by molar-refractivity contribution is -0.128. The van der Waals surface area contributed by atoms with Crippen LogP contribution in [0, 0.1) is 18.3 Å². The third-order valence-corrected chi connectivity index (χ3v) is 6.72. The van der Waals surface area contributed by atoms with Gasteiger partial charge in [-0.15, -0.1) is 0 Å². The van der Waals surface area contributed by atoms with E-state index in [1.165, 1.54) is 17.3 Å². The van der Waals surface area contributed by atoms with E-state index < -0.39 is 5.91 Å². The minimum Gasteiger partial charge on any atom is -0.383 e. The van der Waals surface area contributed by atoms with E-state index in [0.717, 1.165) is 24.9 Å². The van der Waals surface area contributed by atoms with Gasteiger partial charge in [-0.05, 0) is 42.8 Å². The lowest BCUT2D eigenvalue weighted by atomic mass is 10.2. The van der Waals surface area contributed by atoms with Crippen LogP contribution in [-0.4, -0.2) is 53.6 Å². The number of benzene rings is 2. The smallest absolute Gasteiger partial charge is 0.259 e. The Morgan fingerprint density at radius 3 is 2.51 bits per heavy atom. The molecule has 8 nitrogen and oxygen atoms in total. The molecule has 0 saturated carbocycles. The summed E-state index contributed by atoms with van der Waals surface area (Å²) >= 11 is 1.16. The number of piperazine rings is 1. The van der Waals surface area contributed by atoms with Gasteiger partial charge in [-0.25, -0.2) is 4.98 Å². The molecule has 0 atom stereocenters. The first-order chi connectivity index (χ1) is 16.9. The molecule has 0 radical (unpaired) electrons. The molecule has 35 heavy (non-hydrogen) atoms. The second-order valence-corrected chi connectivity index (χ2v) is 9.17. The average molecular weight is 487 g/mol. The van der Waals surface area contributed by atoms with Crippen molar-refractivity contribution in [3.05, 3.63) is 77.4 Å². The number of hydrogen-bond acceptors (Lipinski definition) is 7. The summed E-state index contributed by atoms with van der Waals surface area (Å²) in [6.45, 7) is 4.86. The van der Waals surface area contributed by atoms with E-state index in [1.807, 2.05) is 17.0 Å². The molecule has 178 valence electrons. The van der Waals surface area contributed by atoms with Gasteiger partial charge in [-0.1, -0.05) is 42.1 Å². The van der Waals surface area contributed by atoms with Crippen LogP contribution in [0.3, 0.4) is 0 Å². The maximum absolute atomic E-state index is 12.8. The largest absolute Gasteiger partial charge is 0.383 e. The van der Waals surface area contributed by atoms with E-state index in [4.69, 9.17) is 5.73 Å². The maximum Gasteiger partial charge on any atom is 0.259 e. The van der Waals surface area contributed by atoms with Crippen LogP contribution in [0.1, 0.15) is 21.5 Å². The SMILES string of the molecule is Cc1cccc(N2CCN(C(=O)CSc3nc(N)c(C(=O)Nc4ccccc4)cc3C#N)CC2)c1. The van der Waals surface area contributed by atoms with Crippen molar-refractivity contribution in [1.82, 2.24) is 9.88 Å². The van der Waals surface area contributed by atoms with Gasteiger partial charge in [-0.3, -0.25) is 9.59 Å². The minimum absolute atomic E-state index is 0.0131. The highest BCUT2D eigenvalue weighted by atomic mass is 32.2. The van der Waals surface area contributed by atoms with Gasteiger partial charge in [-0.2, -0.15) is 5.26 Å². The number of nitrogens with one attached hydrogen (secondary N) is 1. The normalized spacial score (nSPS) is 13.3. The molecule has 2 amide bonds. The molecule has 0 aliphatic carbocycles. The second kappa shape index (κ2) is 10.9. The van der Waals surface area contributed by atoms with Crippen LogP contribution < -0.4 is 16.0 Å². The van der Waals surface area contributed by atoms with Crippen LogP contribution in [0.15, 0.2) is 65.7 Å². The molecule has 0 spiro atoms. The number of nitrogens with two attached hydrogens (primary N) is 1. The zero-order chi connectivity index (χ0) is 24.8. The lowest BCUT2D eigenvalue weighted by Crippen LogP contribution is -2.49. The Morgan fingerprint density at radius 1 is 1.09 bits per heavy atom. The van der Waals surface area contributed by atoms with E-state index >= 15 is 0 Å². The van der Waals surface area contributed by atoms with E-state index in [9.17, 15) is 14.9 Å². The van der Waals surface area contributed by atoms with Gasteiger partial charge in [0.2, 0.25) is 5.91 Å². The summed E-state index contributed by atoms with van der Waals surface area (Å²) < 4.78 is 0. The monoisotopic (exact) mass is 486 g/mol. The standard InChI is InChI=1S/C26H26N6O2S/c1-18-6-5-9-21(14-18)31-10-12-32(13-11-31)23(33)17-35-26-19(16-27)15-22(24(28)30-26)25(34)29-20-7-3-2-4-8-20/h2-9,14-15H,10-13,17H2,1H3,(H2,28,30)(H,29,34). The predicted octanol–water partition coefficient (Wildman–Crippen LogP) is 3.54. The number of amides is 2. The fraction of sp³-hybridized carbons (Fsp3) is 0.231. The van der Waals surface area contributed by atoms with Gasteiger partial charge < -0.3 is 20.9 Å². The lowest BCUT2D eigenvalue weighted by Gasteiger charge is -2.36. The number of pyridine rings is 1. The molecule has 3 aromatic rings. The molecule has 3 N–H and O–H groups in total. The Morgan fingerprint density at radius 2 is 1.83 bits per heavy atom. The van der Waals surface area contributed by atoms with Gasteiger partial charge in [0.15, 0.2) is 0 Å². The number of rotatable bonds is 6. The van der Waals surface area contributed by atoms with Crippen molar-refractivity contribution in [1.29, 1.82) is 5.26 Å². The fourth-order valence-electron chi connectivity index (χ4n) is 3.86. The van der Waals surface area contributed by atoms with Crippen molar-refractivity contribution in [2.24, 2.45) is 0 Å². The van der Waals surface area contributed by atoms with Gasteiger partial charge in [0.05, 0.1) is 16.9 Å². The van der Waals surface area contributed by atoms with Crippen LogP contribution in [0.2, 0.25) is 0 Å². The first-order valence-electron chi connectivity index (χ1n) is 11.2. The fourth-order valence-corrected chi connectivity index (χ4v) is 4.73. The Kier molecular flexibility index (Phi) is 7.53. The van der Waals surface area contributed by atoms with Crippen LogP contribution in [0.5, 0.6) is 0 Å². The van der Waals surface area contributed by atoms with Crippen LogP contribution >= 0.6 is 11.8 Å². The number of thioether (sulfide) groups is 1. The number of aryl methyl sites for hydroxylation is 1. The number of para-hydroxylation sites is 1. The zero-order valence-electron chi connectivity index (χ0n) is 19.4. The van der Waals surface area contributed by atoms with E-state index in [0.29, 0.717) is 23.8 Å². The molecule has 0 unspecified atom stereocenters. The van der Waals surface area contributed by atoms with E-state index in [-0.39, 0.29) is 28.6 Å². The molecule has 1 aromatic heterocycles. The van der Waals surface area contributed by atoms with Crippen molar-refractivity contribution in [2.75, 3.05) is 47.9 Å². The number of nitrogen functional groups attached to an aromatic ring is 1. The summed E-state index contributed by atoms with van der Waals surface area (Å²) in [5.74, 6) is -0.314. The molecule has 2 aromatic carbocycles. The zero-order valence-corrected chi connectivity index (χ0v) is 20.2. The minimum atomic E-state index is -0.447. The third-order valence-electron chi connectivity index (χ3n) is 5.75. The summed E-state index contributed by atoms with van der Waals surface area (Å²) in [5, 5.41) is 12.7. The highest BCUT2D eigenvalue weighted by Crippen LogP contribution is 2.26. The molecular formula is C26H26N6O2S. The third kappa shape index (κ3) is 5.91. The number of hydrogen-bond donors (Lipinski definition) is 2. The summed E-state index contributed by atoms with van der Waals surface area (Å²) in [6, 6.07) is 20.8. The molecule has 1 saturated heterocycles. The van der Waals surface area contributed by atoms with Gasteiger partial charge in [0, 0.05) is 37.6 Å². The Labute approximate surface area is 208 Å². The number of aromatic nitrogens is 1. The summed E-state index contributed by atoms with van der Waals surface area (Å²) in [5.41, 5.74) is 9.35. The predicted molar refractivity (Wildman–Crippen MR) is 138 cm³/mol. The maximum atomic E-state index is 12.8. The van der Waals surface area contributed by atoms with Crippen molar-refractivity contribution in [2.45, 2.75) is 11.9 Å². The molecular weight excluding hydrogens is 460 g/mol. The Balaban J connectivity index is 1.36. The highest BCUT2D eigenvalue weighted by molar-refractivity contribution is 8.00. The Hall–Kier alpha value is -4.03. The van der Waals surface area contributed by atoms with Gasteiger partial charge in [0.25, 0.3) is 5.91 Å². The number of nitriles is 1. The first kappa shape index (κ1) is 24.1. The van der Waals surface area contributed by atoms with Crippen molar-refractivity contribution in [3.8, 4) is 6.07 Å². The van der Waals surface area contributed by atoms with Crippen molar-refractivity contribution < 1.29 is 9.59 Å². The molecule has 1 aliphatic heterocycles. The second-order valence-electron chi connectivity index (χ2n) is 8.20. The number of carbonyl (C=O) groups excluding carboxylic acids is 2. The highest BCUT2D eigenvalue weighted by Gasteiger charge is 2.23. The molecule has 2 heterocycles. The molecule has 4 rings (SSSR count). The number of nitrogens with zero attached hydrogens (tertiary/aromatic N) is 4. The molecule has 9 heteroatoms. The van der Waals surface area contributed by atoms with E-state index in [2.05, 4.69) is 46.4 Å². The number of carbonyl (C=O) groups is 2. The van der Waals surface area contributed by atoms with Crippen molar-refractivity contribution in [3.63, 3.8) is 0 Å². The first-order valence-corrected chi connectivity index (χ1v) is 12.2. The van der Waals surface area contributed by atoms with Crippen LogP contribution in [0.25, 0.3) is 0 Å². The average Bonchev–Trinajstić information content (AvgIpc) is 2.88. The Bertz CT molecular complexity index is 1270. The quantitative estimate of drug-likeness (QED) is 0.512. The van der Waals surface area contributed by atoms with Crippen LogP contribution in [0.4, 0.5) is 17.2 Å².